The first-order chi connectivity index (χ1) is 7.86. The van der Waals surface area contributed by atoms with Gasteiger partial charge in [-0.3, -0.25) is 0 Å². The van der Waals surface area contributed by atoms with E-state index in [-0.39, 0.29) is 0 Å². The van der Waals surface area contributed by atoms with Crippen molar-refractivity contribution in [3.8, 4) is 11.8 Å². The van der Waals surface area contributed by atoms with Crippen LogP contribution in [0.3, 0.4) is 0 Å². The van der Waals surface area contributed by atoms with Gasteiger partial charge in [-0.1, -0.05) is 58.2 Å². The summed E-state index contributed by atoms with van der Waals surface area (Å²) in [6.45, 7) is 0. The van der Waals surface area contributed by atoms with Crippen molar-refractivity contribution < 1.29 is 0 Å². The van der Waals surface area contributed by atoms with Gasteiger partial charge >= 0.3 is 0 Å². The van der Waals surface area contributed by atoms with Gasteiger partial charge in [-0.25, -0.2) is 0 Å². The summed E-state index contributed by atoms with van der Waals surface area (Å²) < 4.78 is 0.691. The average molecular weight is 324 g/mol. The van der Waals surface area contributed by atoms with Crippen LogP contribution in [-0.2, 0) is 0 Å². The molecule has 3 rings (SSSR count). The normalized spacial score (nSPS) is 40.9. The van der Waals surface area contributed by atoms with Crippen LogP contribution >= 0.6 is 22.6 Å². The van der Waals surface area contributed by atoms with E-state index in [0.717, 1.165) is 5.92 Å². The summed E-state index contributed by atoms with van der Waals surface area (Å²) >= 11 is 2.64. The van der Waals surface area contributed by atoms with Crippen LogP contribution in [0.1, 0.15) is 32.1 Å². The number of hydrogen-bond donors (Lipinski definition) is 0. The predicted molar refractivity (Wildman–Crippen MR) is 76.4 cm³/mol. The Morgan fingerprint density at radius 2 is 2.12 bits per heavy atom. The molecule has 0 saturated heterocycles. The van der Waals surface area contributed by atoms with Gasteiger partial charge in [0.25, 0.3) is 0 Å². The zero-order valence-electron chi connectivity index (χ0n) is 9.45. The fourth-order valence-electron chi connectivity index (χ4n) is 3.18. The van der Waals surface area contributed by atoms with E-state index in [1.165, 1.54) is 32.1 Å². The van der Waals surface area contributed by atoms with Crippen LogP contribution < -0.4 is 0 Å². The van der Waals surface area contributed by atoms with Gasteiger partial charge in [0.1, 0.15) is 0 Å². The highest BCUT2D eigenvalue weighted by molar-refractivity contribution is 14.1. The first-order valence-electron chi connectivity index (χ1n) is 6.38. The number of halogens is 1. The molecule has 3 aliphatic carbocycles. The zero-order chi connectivity index (χ0) is 11.0. The number of hydrogen-bond acceptors (Lipinski definition) is 0. The zero-order valence-corrected chi connectivity index (χ0v) is 11.6. The molecule has 0 aromatic heterocycles. The Balaban J connectivity index is 2.03. The molecule has 0 heterocycles. The predicted octanol–water partition coefficient (Wildman–Crippen LogP) is 4.12. The lowest BCUT2D eigenvalue weighted by Gasteiger charge is -2.30. The van der Waals surface area contributed by atoms with Crippen molar-refractivity contribution in [1.29, 1.82) is 0 Å². The quantitative estimate of drug-likeness (QED) is 0.272. The Morgan fingerprint density at radius 1 is 1.19 bits per heavy atom. The van der Waals surface area contributed by atoms with Gasteiger partial charge in [0, 0.05) is 9.84 Å². The molecule has 0 saturated carbocycles. The lowest BCUT2D eigenvalue weighted by molar-refractivity contribution is 0.451. The van der Waals surface area contributed by atoms with Crippen molar-refractivity contribution in [1.82, 2.24) is 0 Å². The van der Waals surface area contributed by atoms with Crippen LogP contribution in [0.4, 0.5) is 0 Å². The highest BCUT2D eigenvalue weighted by Crippen LogP contribution is 2.42. The molecule has 0 radical (unpaired) electrons. The summed E-state index contributed by atoms with van der Waals surface area (Å²) in [5, 5.41) is 0. The molecule has 0 nitrogen and oxygen atoms in total. The van der Waals surface area contributed by atoms with E-state index in [0.29, 0.717) is 15.8 Å². The van der Waals surface area contributed by atoms with E-state index < -0.39 is 0 Å². The maximum Gasteiger partial charge on any atom is 0.0506 e. The second-order valence-electron chi connectivity index (χ2n) is 5.06. The first kappa shape index (κ1) is 10.9. The number of alkyl halides is 1. The van der Waals surface area contributed by atoms with E-state index in [1.54, 1.807) is 5.57 Å². The molecule has 4 unspecified atom stereocenters. The van der Waals surface area contributed by atoms with Gasteiger partial charge in [-0.2, -0.15) is 0 Å². The van der Waals surface area contributed by atoms with E-state index in [9.17, 15) is 0 Å². The average Bonchev–Trinajstić information content (AvgIpc) is 2.36. The van der Waals surface area contributed by atoms with Crippen molar-refractivity contribution in [2.45, 2.75) is 36.0 Å². The third kappa shape index (κ3) is 1.86. The van der Waals surface area contributed by atoms with Crippen molar-refractivity contribution in [3.63, 3.8) is 0 Å². The van der Waals surface area contributed by atoms with Crippen molar-refractivity contribution in [3.05, 3.63) is 23.8 Å². The summed E-state index contributed by atoms with van der Waals surface area (Å²) in [6, 6.07) is 0. The lowest BCUT2D eigenvalue weighted by atomic mass is 9.78. The number of fused-ring (bicyclic) bond motifs is 4. The minimum Gasteiger partial charge on any atom is -0.0948 e. The number of allylic oxidation sites excluding steroid dienone is 4. The summed E-state index contributed by atoms with van der Waals surface area (Å²) in [4.78, 5) is 0. The van der Waals surface area contributed by atoms with Gasteiger partial charge in [-0.05, 0) is 38.0 Å². The van der Waals surface area contributed by atoms with Gasteiger partial charge in [0.05, 0.1) is 5.92 Å². The van der Waals surface area contributed by atoms with Crippen LogP contribution in [-0.4, -0.2) is 3.92 Å². The molecule has 0 aromatic carbocycles. The Labute approximate surface area is 112 Å². The standard InChI is InChI=1S/C15H17I/c16-15-12-6-2-1-5-11(9-10-12)13-7-3-4-8-14(13)15/h2,6-7,11-12,14-15H,1,3-5,8H2. The van der Waals surface area contributed by atoms with Gasteiger partial charge < -0.3 is 0 Å². The summed E-state index contributed by atoms with van der Waals surface area (Å²) in [5.74, 6) is 8.89. The number of rotatable bonds is 0. The topological polar surface area (TPSA) is 0 Å². The first-order valence-corrected chi connectivity index (χ1v) is 7.62. The molecule has 16 heavy (non-hydrogen) atoms. The maximum atomic E-state index is 3.54. The molecule has 3 aliphatic rings. The lowest BCUT2D eigenvalue weighted by Crippen LogP contribution is -2.25. The Bertz CT molecular complexity index is 393. The van der Waals surface area contributed by atoms with E-state index in [4.69, 9.17) is 0 Å². The summed E-state index contributed by atoms with van der Waals surface area (Å²) in [6.07, 6.45) is 13.7. The molecule has 0 fully saturated rings. The van der Waals surface area contributed by atoms with Crippen molar-refractivity contribution in [2.24, 2.45) is 17.8 Å². The van der Waals surface area contributed by atoms with E-state index >= 15 is 0 Å². The molecule has 0 N–H and O–H groups in total. The minimum absolute atomic E-state index is 0.498. The van der Waals surface area contributed by atoms with E-state index in [1.807, 2.05) is 0 Å². The monoisotopic (exact) mass is 324 g/mol. The third-order valence-electron chi connectivity index (χ3n) is 4.05. The van der Waals surface area contributed by atoms with Crippen molar-refractivity contribution >= 4 is 22.6 Å². The van der Waals surface area contributed by atoms with Gasteiger partial charge in [0.15, 0.2) is 0 Å². The maximum absolute atomic E-state index is 3.54. The largest absolute Gasteiger partial charge is 0.0948 e. The molecule has 4 atom stereocenters. The van der Waals surface area contributed by atoms with Crippen LogP contribution in [0.15, 0.2) is 23.8 Å². The smallest absolute Gasteiger partial charge is 0.0506 e. The highest BCUT2D eigenvalue weighted by Gasteiger charge is 2.34. The second-order valence-corrected chi connectivity index (χ2v) is 6.50. The fraction of sp³-hybridized carbons (Fsp3) is 0.600. The van der Waals surface area contributed by atoms with Crippen LogP contribution in [0.5, 0.6) is 0 Å². The van der Waals surface area contributed by atoms with Crippen LogP contribution in [0.25, 0.3) is 0 Å². The molecule has 1 heteroatoms. The molecule has 84 valence electrons. The minimum atomic E-state index is 0.498. The SMILES string of the molecule is IC1C2C#CC(CCC=C2)C2=CCCCC21. The molecule has 2 bridgehead atoms. The van der Waals surface area contributed by atoms with Gasteiger partial charge in [0.2, 0.25) is 0 Å². The molecule has 0 aliphatic heterocycles. The van der Waals surface area contributed by atoms with Crippen LogP contribution in [0, 0.1) is 29.6 Å². The second kappa shape index (κ2) is 4.56. The Kier molecular flexibility index (Phi) is 3.11. The summed E-state index contributed by atoms with van der Waals surface area (Å²) in [7, 11) is 0. The van der Waals surface area contributed by atoms with Gasteiger partial charge in [-0.15, -0.1) is 0 Å². The molecule has 0 amide bonds. The Hall–Kier alpha value is -0.230. The van der Waals surface area contributed by atoms with Crippen LogP contribution in [0.2, 0.25) is 0 Å². The molecular formula is C15H17I. The highest BCUT2D eigenvalue weighted by atomic mass is 127. The molecule has 0 aromatic rings. The molecule has 0 spiro atoms. The van der Waals surface area contributed by atoms with Crippen molar-refractivity contribution in [2.75, 3.05) is 0 Å². The molecular weight excluding hydrogens is 307 g/mol. The fourth-order valence-corrected chi connectivity index (χ4v) is 4.37. The van der Waals surface area contributed by atoms with E-state index in [2.05, 4.69) is 52.7 Å². The Morgan fingerprint density at radius 3 is 3.06 bits per heavy atom. The third-order valence-corrected chi connectivity index (χ3v) is 5.69. The summed E-state index contributed by atoms with van der Waals surface area (Å²) in [5.41, 5.74) is 1.68.